The number of fused-ring (bicyclic) bond motifs is 1. The van der Waals surface area contributed by atoms with Crippen molar-refractivity contribution in [3.8, 4) is 0 Å². The molecule has 1 fully saturated rings. The average Bonchev–Trinajstić information content (AvgIpc) is 2.68. The zero-order valence-corrected chi connectivity index (χ0v) is 18.3. The van der Waals surface area contributed by atoms with Gasteiger partial charge in [0.05, 0.1) is 11.2 Å². The molecule has 2 aromatic rings. The van der Waals surface area contributed by atoms with Crippen LogP contribution in [0.2, 0.25) is 0 Å². The maximum absolute atomic E-state index is 14.8. The minimum atomic E-state index is -5.13. The Morgan fingerprint density at radius 1 is 1.25 bits per heavy atom. The lowest BCUT2D eigenvalue weighted by Crippen LogP contribution is -2.45. The number of hydrogen-bond acceptors (Lipinski definition) is 4. The summed E-state index contributed by atoms with van der Waals surface area (Å²) in [6.07, 6.45) is 4.18. The van der Waals surface area contributed by atoms with Crippen molar-refractivity contribution in [3.63, 3.8) is 0 Å². The van der Waals surface area contributed by atoms with Gasteiger partial charge in [-0.1, -0.05) is 19.3 Å². The number of carbonyl (C=O) groups is 1. The molecule has 1 aliphatic rings. The number of pyridine rings is 1. The van der Waals surface area contributed by atoms with E-state index in [1.807, 2.05) is 0 Å². The highest BCUT2D eigenvalue weighted by atomic mass is 31.2. The van der Waals surface area contributed by atoms with Crippen LogP contribution in [0.5, 0.6) is 0 Å². The zero-order valence-electron chi connectivity index (χ0n) is 17.4. The molecule has 8 nitrogen and oxygen atoms in total. The Kier molecular flexibility index (Phi) is 7.02. The van der Waals surface area contributed by atoms with Crippen LogP contribution in [0.1, 0.15) is 49.4 Å². The topological polar surface area (TPSA) is 121 Å². The Bertz CT molecular complexity index is 1130. The van der Waals surface area contributed by atoms with Gasteiger partial charge < -0.3 is 19.7 Å². The monoisotopic (exact) mass is 475 g/mol. The maximum atomic E-state index is 14.8. The molecular formula is C20H25F3N3O5P. The standard InChI is InChI=1S/C20H25F3N3O5P/c1-2-26-10-14(19(28)25-20(22,23)11-32(29,30)31)18(27)13-8-15(21)16(9-17(13)26)24-12-6-4-3-5-7-12/h8-10,12,24H,2-7,11H2,1H3,(H,25,28)(H2,29,30,31). The predicted octanol–water partition coefficient (Wildman–Crippen LogP) is 3.41. The van der Waals surface area contributed by atoms with Crippen molar-refractivity contribution >= 4 is 30.1 Å². The largest absolute Gasteiger partial charge is 0.380 e. The number of rotatable bonds is 7. The SMILES string of the molecule is CCn1cc(C(=O)NC(F)(F)CP(=O)(O)O)c(=O)c2cc(F)c(NC3CCCCC3)cc21. The lowest BCUT2D eigenvalue weighted by molar-refractivity contribution is -0.00957. The Hall–Kier alpha value is -2.36. The van der Waals surface area contributed by atoms with Crippen molar-refractivity contribution in [1.82, 2.24) is 9.88 Å². The molecule has 1 heterocycles. The Morgan fingerprint density at radius 3 is 2.50 bits per heavy atom. The summed E-state index contributed by atoms with van der Waals surface area (Å²) in [7, 11) is -5.13. The van der Waals surface area contributed by atoms with Gasteiger partial charge in [0.25, 0.3) is 5.91 Å². The van der Waals surface area contributed by atoms with Crippen LogP contribution < -0.4 is 16.1 Å². The average molecular weight is 475 g/mol. The summed E-state index contributed by atoms with van der Waals surface area (Å²) in [6, 6.07) is -1.69. The van der Waals surface area contributed by atoms with E-state index in [1.54, 1.807) is 6.92 Å². The van der Waals surface area contributed by atoms with Gasteiger partial charge in [0.1, 0.15) is 17.5 Å². The summed E-state index contributed by atoms with van der Waals surface area (Å²) in [4.78, 5) is 42.6. The fraction of sp³-hybridized carbons (Fsp3) is 0.500. The van der Waals surface area contributed by atoms with Gasteiger partial charge >= 0.3 is 13.6 Å². The van der Waals surface area contributed by atoms with Gasteiger partial charge in [0, 0.05) is 24.2 Å². The second-order valence-electron chi connectivity index (χ2n) is 7.97. The molecule has 0 spiro atoms. The molecule has 1 aromatic carbocycles. The first-order valence-electron chi connectivity index (χ1n) is 10.3. The van der Waals surface area contributed by atoms with Crippen LogP contribution in [0.4, 0.5) is 18.9 Å². The first-order chi connectivity index (χ1) is 14.9. The highest BCUT2D eigenvalue weighted by Crippen LogP contribution is 2.39. The molecule has 0 unspecified atom stereocenters. The molecule has 0 aliphatic heterocycles. The number of alkyl halides is 2. The lowest BCUT2D eigenvalue weighted by Gasteiger charge is -2.24. The highest BCUT2D eigenvalue weighted by molar-refractivity contribution is 7.51. The Morgan fingerprint density at radius 2 is 1.91 bits per heavy atom. The molecular weight excluding hydrogens is 450 g/mol. The number of aryl methyl sites for hydroxylation is 1. The van der Waals surface area contributed by atoms with Gasteiger partial charge in [-0.2, -0.15) is 8.78 Å². The van der Waals surface area contributed by atoms with Crippen molar-refractivity contribution < 1.29 is 32.3 Å². The van der Waals surface area contributed by atoms with E-state index in [0.717, 1.165) is 44.4 Å². The van der Waals surface area contributed by atoms with Gasteiger partial charge in [0.2, 0.25) is 5.43 Å². The predicted molar refractivity (Wildman–Crippen MR) is 114 cm³/mol. The van der Waals surface area contributed by atoms with Gasteiger partial charge in [0.15, 0.2) is 0 Å². The van der Waals surface area contributed by atoms with Crippen LogP contribution in [0.15, 0.2) is 23.1 Å². The van der Waals surface area contributed by atoms with E-state index in [4.69, 9.17) is 9.79 Å². The van der Waals surface area contributed by atoms with Crippen molar-refractivity contribution in [2.75, 3.05) is 11.5 Å². The van der Waals surface area contributed by atoms with Crippen molar-refractivity contribution in [1.29, 1.82) is 0 Å². The van der Waals surface area contributed by atoms with Crippen LogP contribution in [0.3, 0.4) is 0 Å². The second-order valence-corrected chi connectivity index (χ2v) is 9.61. The smallest absolute Gasteiger partial charge is 0.337 e. The molecule has 4 N–H and O–H groups in total. The Labute approximate surface area is 182 Å². The molecule has 32 heavy (non-hydrogen) atoms. The third-order valence-electron chi connectivity index (χ3n) is 5.42. The molecule has 3 rings (SSSR count). The molecule has 1 aromatic heterocycles. The summed E-state index contributed by atoms with van der Waals surface area (Å²) in [5.74, 6) is -2.21. The van der Waals surface area contributed by atoms with Crippen LogP contribution in [-0.4, -0.2) is 38.5 Å². The number of nitrogens with one attached hydrogen (secondary N) is 2. The molecule has 1 amide bonds. The Balaban J connectivity index is 1.98. The molecule has 0 bridgehead atoms. The molecule has 176 valence electrons. The fourth-order valence-electron chi connectivity index (χ4n) is 3.94. The van der Waals surface area contributed by atoms with Gasteiger partial charge in [-0.25, -0.2) is 4.39 Å². The lowest BCUT2D eigenvalue weighted by atomic mass is 9.95. The molecule has 1 saturated carbocycles. The van der Waals surface area contributed by atoms with E-state index < -0.39 is 42.5 Å². The van der Waals surface area contributed by atoms with Crippen LogP contribution >= 0.6 is 7.60 Å². The van der Waals surface area contributed by atoms with Crippen LogP contribution in [0.25, 0.3) is 10.9 Å². The fourth-order valence-corrected chi connectivity index (χ4v) is 4.54. The number of nitrogens with zero attached hydrogens (tertiary/aromatic N) is 1. The van der Waals surface area contributed by atoms with Crippen molar-refractivity contribution in [3.05, 3.63) is 39.9 Å². The molecule has 1 aliphatic carbocycles. The van der Waals surface area contributed by atoms with E-state index in [1.165, 1.54) is 16.0 Å². The number of amides is 1. The van der Waals surface area contributed by atoms with E-state index in [0.29, 0.717) is 5.52 Å². The summed E-state index contributed by atoms with van der Waals surface area (Å²) in [6.45, 7) is 1.95. The van der Waals surface area contributed by atoms with E-state index in [-0.39, 0.29) is 23.7 Å². The van der Waals surface area contributed by atoms with E-state index in [9.17, 15) is 27.3 Å². The number of hydrogen-bond donors (Lipinski definition) is 4. The van der Waals surface area contributed by atoms with Crippen LogP contribution in [0, 0.1) is 5.82 Å². The van der Waals surface area contributed by atoms with E-state index in [2.05, 4.69) is 5.32 Å². The van der Waals surface area contributed by atoms with Gasteiger partial charge in [-0.3, -0.25) is 19.5 Å². The van der Waals surface area contributed by atoms with E-state index >= 15 is 0 Å². The first-order valence-corrected chi connectivity index (χ1v) is 12.1. The quantitative estimate of drug-likeness (QED) is 0.360. The van der Waals surface area contributed by atoms with Crippen molar-refractivity contribution in [2.24, 2.45) is 0 Å². The highest BCUT2D eigenvalue weighted by Gasteiger charge is 2.39. The number of aromatic nitrogens is 1. The first kappa shape index (κ1) is 24.3. The number of carbonyl (C=O) groups excluding carboxylic acids is 1. The third kappa shape index (κ3) is 5.70. The van der Waals surface area contributed by atoms with Crippen molar-refractivity contribution in [2.45, 2.75) is 57.7 Å². The summed E-state index contributed by atoms with van der Waals surface area (Å²) in [5.41, 5.74) is -1.10. The molecule has 0 radical (unpaired) electrons. The third-order valence-corrected chi connectivity index (χ3v) is 6.23. The van der Waals surface area contributed by atoms with Crippen LogP contribution in [-0.2, 0) is 11.1 Å². The summed E-state index contributed by atoms with van der Waals surface area (Å²) in [5, 5.41) is 4.18. The zero-order chi connectivity index (χ0) is 23.7. The minimum absolute atomic E-state index is 0.110. The maximum Gasteiger partial charge on any atom is 0.337 e. The summed E-state index contributed by atoms with van der Waals surface area (Å²) >= 11 is 0. The van der Waals surface area contributed by atoms with Gasteiger partial charge in [-0.15, -0.1) is 0 Å². The number of benzene rings is 1. The normalized spacial score (nSPS) is 15.7. The second kappa shape index (κ2) is 9.25. The number of halogens is 3. The van der Waals surface area contributed by atoms with Gasteiger partial charge in [-0.05, 0) is 31.9 Å². The number of anilines is 1. The minimum Gasteiger partial charge on any atom is -0.380 e. The molecule has 12 heteroatoms. The molecule has 0 atom stereocenters. The summed E-state index contributed by atoms with van der Waals surface area (Å²) < 4.78 is 54.7. The molecule has 0 saturated heterocycles.